The maximum atomic E-state index is 10.0. The van der Waals surface area contributed by atoms with E-state index in [1.165, 1.54) is 14.2 Å². The Balaban J connectivity index is 2.90. The molecule has 1 aliphatic rings. The van der Waals surface area contributed by atoms with E-state index in [0.29, 0.717) is 12.3 Å². The smallest absolute Gasteiger partial charge is 0.112 e. The van der Waals surface area contributed by atoms with Gasteiger partial charge in [-0.2, -0.15) is 0 Å². The molecule has 0 radical (unpaired) electrons. The molecule has 0 amide bonds. The van der Waals surface area contributed by atoms with Crippen molar-refractivity contribution in [2.45, 2.75) is 50.8 Å². The quantitative estimate of drug-likeness (QED) is 0.641. The van der Waals surface area contributed by atoms with Gasteiger partial charge >= 0.3 is 0 Å². The Bertz CT molecular complexity index is 233. The Morgan fingerprint density at radius 2 is 1.41 bits per heavy atom. The third-order valence-corrected chi connectivity index (χ3v) is 3.51. The number of hydrogen-bond acceptors (Lipinski definition) is 5. The molecule has 0 bridgehead atoms. The minimum Gasteiger partial charge on any atom is -0.390 e. The third-order valence-electron chi connectivity index (χ3n) is 3.51. The maximum Gasteiger partial charge on any atom is 0.112 e. The number of ether oxygens (including phenoxy) is 2. The number of aliphatic hydroxyl groups is 3. The monoisotopic (exact) mass is 248 g/mol. The van der Waals surface area contributed by atoms with Crippen molar-refractivity contribution < 1.29 is 24.8 Å². The molecule has 1 fully saturated rings. The molecule has 0 aromatic rings. The van der Waals surface area contributed by atoms with Crippen LogP contribution in [0.5, 0.6) is 0 Å². The largest absolute Gasteiger partial charge is 0.390 e. The van der Waals surface area contributed by atoms with Crippen molar-refractivity contribution in [1.82, 2.24) is 0 Å². The van der Waals surface area contributed by atoms with Gasteiger partial charge in [-0.1, -0.05) is 13.8 Å². The molecule has 102 valence electrons. The fraction of sp³-hybridized carbons (Fsp3) is 1.00. The standard InChI is InChI=1S/C12H24O5/c1-6(2)5-7-8(13)9(14)10(15)12(17-4)11(7)16-3/h6-15H,5H2,1-4H3. The van der Waals surface area contributed by atoms with Gasteiger partial charge in [0, 0.05) is 20.1 Å². The van der Waals surface area contributed by atoms with E-state index in [2.05, 4.69) is 0 Å². The van der Waals surface area contributed by atoms with Gasteiger partial charge < -0.3 is 24.8 Å². The van der Waals surface area contributed by atoms with Crippen LogP contribution in [0.1, 0.15) is 20.3 Å². The molecule has 0 heterocycles. The van der Waals surface area contributed by atoms with Crippen molar-refractivity contribution in [3.05, 3.63) is 0 Å². The lowest BCUT2D eigenvalue weighted by atomic mass is 9.74. The molecule has 1 saturated carbocycles. The van der Waals surface area contributed by atoms with Gasteiger partial charge in [0.2, 0.25) is 0 Å². The Morgan fingerprint density at radius 1 is 0.882 bits per heavy atom. The average Bonchev–Trinajstić information content (AvgIpc) is 2.29. The summed E-state index contributed by atoms with van der Waals surface area (Å²) in [6.07, 6.45) is -3.59. The van der Waals surface area contributed by atoms with Crippen LogP contribution in [0.4, 0.5) is 0 Å². The highest BCUT2D eigenvalue weighted by molar-refractivity contribution is 4.99. The summed E-state index contributed by atoms with van der Waals surface area (Å²) >= 11 is 0. The highest BCUT2D eigenvalue weighted by atomic mass is 16.5. The van der Waals surface area contributed by atoms with Crippen LogP contribution in [0.2, 0.25) is 0 Å². The lowest BCUT2D eigenvalue weighted by Crippen LogP contribution is -2.62. The second-order valence-electron chi connectivity index (χ2n) is 5.17. The summed E-state index contributed by atoms with van der Waals surface area (Å²) in [5.74, 6) is 0.135. The summed E-state index contributed by atoms with van der Waals surface area (Å²) in [6, 6.07) is 0. The van der Waals surface area contributed by atoms with Crippen LogP contribution in [0, 0.1) is 11.8 Å². The van der Waals surface area contributed by atoms with E-state index in [4.69, 9.17) is 9.47 Å². The first kappa shape index (κ1) is 14.9. The summed E-state index contributed by atoms with van der Waals surface area (Å²) in [6.45, 7) is 4.08. The average molecular weight is 248 g/mol. The number of hydrogen-bond donors (Lipinski definition) is 3. The summed E-state index contributed by atoms with van der Waals surface area (Å²) < 4.78 is 10.5. The van der Waals surface area contributed by atoms with E-state index in [1.54, 1.807) is 0 Å². The minimum atomic E-state index is -1.19. The second kappa shape index (κ2) is 6.11. The van der Waals surface area contributed by atoms with E-state index in [9.17, 15) is 15.3 Å². The number of methoxy groups -OCH3 is 2. The zero-order valence-electron chi connectivity index (χ0n) is 10.9. The molecular weight excluding hydrogens is 224 g/mol. The Labute approximate surface area is 102 Å². The van der Waals surface area contributed by atoms with Crippen molar-refractivity contribution in [2.24, 2.45) is 11.8 Å². The van der Waals surface area contributed by atoms with Crippen molar-refractivity contribution >= 4 is 0 Å². The highest BCUT2D eigenvalue weighted by Gasteiger charge is 2.49. The molecule has 1 aliphatic carbocycles. The van der Waals surface area contributed by atoms with Gasteiger partial charge in [-0.3, -0.25) is 0 Å². The summed E-state index contributed by atoms with van der Waals surface area (Å²) in [5, 5.41) is 29.7. The van der Waals surface area contributed by atoms with Crippen LogP contribution < -0.4 is 0 Å². The summed E-state index contributed by atoms with van der Waals surface area (Å²) in [5.41, 5.74) is 0. The van der Waals surface area contributed by atoms with E-state index < -0.39 is 30.5 Å². The van der Waals surface area contributed by atoms with Crippen LogP contribution in [-0.2, 0) is 9.47 Å². The molecule has 0 aliphatic heterocycles. The van der Waals surface area contributed by atoms with Crippen molar-refractivity contribution in [3.8, 4) is 0 Å². The molecule has 5 heteroatoms. The van der Waals surface area contributed by atoms with E-state index in [-0.39, 0.29) is 5.92 Å². The molecule has 0 aromatic carbocycles. The number of rotatable bonds is 4. The molecule has 5 nitrogen and oxygen atoms in total. The van der Waals surface area contributed by atoms with E-state index in [1.807, 2.05) is 13.8 Å². The van der Waals surface area contributed by atoms with Crippen LogP contribution in [0.15, 0.2) is 0 Å². The van der Waals surface area contributed by atoms with Crippen LogP contribution in [0.3, 0.4) is 0 Å². The molecule has 6 unspecified atom stereocenters. The first-order valence-electron chi connectivity index (χ1n) is 6.03. The lowest BCUT2D eigenvalue weighted by molar-refractivity contribution is -0.220. The fourth-order valence-corrected chi connectivity index (χ4v) is 2.68. The maximum absolute atomic E-state index is 10.0. The van der Waals surface area contributed by atoms with E-state index >= 15 is 0 Å². The van der Waals surface area contributed by atoms with Gasteiger partial charge in [-0.05, 0) is 12.3 Å². The van der Waals surface area contributed by atoms with Crippen LogP contribution in [0.25, 0.3) is 0 Å². The molecule has 17 heavy (non-hydrogen) atoms. The molecule has 0 spiro atoms. The predicted molar refractivity (Wildman–Crippen MR) is 62.6 cm³/mol. The summed E-state index contributed by atoms with van der Waals surface area (Å²) in [7, 11) is 3.00. The normalized spacial score (nSPS) is 43.1. The first-order chi connectivity index (χ1) is 7.93. The van der Waals surface area contributed by atoms with E-state index in [0.717, 1.165) is 0 Å². The topological polar surface area (TPSA) is 79.2 Å². The molecular formula is C12H24O5. The Hall–Kier alpha value is -0.200. The van der Waals surface area contributed by atoms with Gasteiger partial charge in [-0.15, -0.1) is 0 Å². The highest BCUT2D eigenvalue weighted by Crippen LogP contribution is 2.33. The molecule has 3 N–H and O–H groups in total. The van der Waals surface area contributed by atoms with Gasteiger partial charge in [-0.25, -0.2) is 0 Å². The fourth-order valence-electron chi connectivity index (χ4n) is 2.68. The van der Waals surface area contributed by atoms with Gasteiger partial charge in [0.15, 0.2) is 0 Å². The first-order valence-corrected chi connectivity index (χ1v) is 6.03. The molecule has 0 aromatic heterocycles. The van der Waals surface area contributed by atoms with Crippen LogP contribution in [-0.4, -0.2) is 60.1 Å². The zero-order valence-corrected chi connectivity index (χ0v) is 10.9. The minimum absolute atomic E-state index is 0.233. The third kappa shape index (κ3) is 2.98. The zero-order chi connectivity index (χ0) is 13.2. The molecule has 0 saturated heterocycles. The van der Waals surface area contributed by atoms with Gasteiger partial charge in [0.25, 0.3) is 0 Å². The van der Waals surface area contributed by atoms with Crippen molar-refractivity contribution in [3.63, 3.8) is 0 Å². The molecule has 6 atom stereocenters. The van der Waals surface area contributed by atoms with Crippen molar-refractivity contribution in [1.29, 1.82) is 0 Å². The predicted octanol–water partition coefficient (Wildman–Crippen LogP) is -0.225. The van der Waals surface area contributed by atoms with Gasteiger partial charge in [0.05, 0.1) is 12.2 Å². The van der Waals surface area contributed by atoms with Crippen molar-refractivity contribution in [2.75, 3.05) is 14.2 Å². The van der Waals surface area contributed by atoms with Gasteiger partial charge in [0.1, 0.15) is 18.3 Å². The summed E-state index contributed by atoms with van der Waals surface area (Å²) in [4.78, 5) is 0. The SMILES string of the molecule is COC1C(O)C(O)C(O)C(CC(C)C)C1OC. The molecule has 1 rings (SSSR count). The van der Waals surface area contributed by atoms with Crippen LogP contribution >= 0.6 is 0 Å². The lowest BCUT2D eigenvalue weighted by Gasteiger charge is -2.45. The Morgan fingerprint density at radius 3 is 1.82 bits per heavy atom. The Kier molecular flexibility index (Phi) is 5.34. The number of aliphatic hydroxyl groups excluding tert-OH is 3. The second-order valence-corrected chi connectivity index (χ2v) is 5.17.